The average Bonchev–Trinajstić information content (AvgIpc) is 3.26. The number of ketones is 2. The second-order valence-corrected chi connectivity index (χ2v) is 7.36. The van der Waals surface area contributed by atoms with E-state index in [2.05, 4.69) is 9.97 Å². The van der Waals surface area contributed by atoms with Crippen molar-refractivity contribution in [3.05, 3.63) is 63.9 Å². The second kappa shape index (κ2) is 7.90. The molecular weight excluding hydrogens is 376 g/mol. The Bertz CT molecular complexity index is 1050. The van der Waals surface area contributed by atoms with Crippen molar-refractivity contribution in [2.75, 3.05) is 0 Å². The summed E-state index contributed by atoms with van der Waals surface area (Å²) in [5, 5.41) is 2.31. The van der Waals surface area contributed by atoms with Crippen molar-refractivity contribution in [2.45, 2.75) is 33.8 Å². The summed E-state index contributed by atoms with van der Waals surface area (Å²) in [4.78, 5) is 44.1. The Balaban J connectivity index is 1.74. The molecule has 0 spiro atoms. The van der Waals surface area contributed by atoms with Crippen molar-refractivity contribution in [1.29, 1.82) is 0 Å². The quantitative estimate of drug-likeness (QED) is 0.493. The molecule has 0 aliphatic rings. The fourth-order valence-electron chi connectivity index (χ4n) is 3.08. The van der Waals surface area contributed by atoms with E-state index in [9.17, 15) is 14.4 Å². The third-order valence-corrected chi connectivity index (χ3v) is 5.31. The molecule has 1 atom stereocenters. The van der Waals surface area contributed by atoms with Crippen LogP contribution in [0.4, 0.5) is 0 Å². The predicted molar refractivity (Wildman–Crippen MR) is 107 cm³/mol. The van der Waals surface area contributed by atoms with Crippen LogP contribution >= 0.6 is 11.3 Å². The van der Waals surface area contributed by atoms with E-state index < -0.39 is 12.1 Å². The molecule has 6 nitrogen and oxygen atoms in total. The Hall–Kier alpha value is -3.06. The van der Waals surface area contributed by atoms with Crippen LogP contribution < -0.4 is 0 Å². The summed E-state index contributed by atoms with van der Waals surface area (Å²) in [7, 11) is 0. The highest BCUT2D eigenvalue weighted by Crippen LogP contribution is 2.24. The fourth-order valence-corrected chi connectivity index (χ4v) is 3.88. The van der Waals surface area contributed by atoms with Crippen molar-refractivity contribution in [2.24, 2.45) is 0 Å². The zero-order valence-corrected chi connectivity index (χ0v) is 16.8. The number of carbonyl (C=O) groups excluding carboxylic acids is 3. The van der Waals surface area contributed by atoms with Gasteiger partial charge in [-0.15, -0.1) is 11.3 Å². The molecule has 3 rings (SSSR count). The van der Waals surface area contributed by atoms with Crippen LogP contribution in [0.2, 0.25) is 0 Å². The normalized spacial score (nSPS) is 11.9. The first-order valence-electron chi connectivity index (χ1n) is 8.75. The molecule has 0 fully saturated rings. The number of esters is 1. The molecule has 0 aliphatic carbocycles. The number of aromatic nitrogens is 2. The Morgan fingerprint density at radius 2 is 1.82 bits per heavy atom. The minimum Gasteiger partial charge on any atom is -0.449 e. The molecule has 0 bridgehead atoms. The number of ether oxygens (including phenoxy) is 1. The molecular formula is C21H20N2O4S. The van der Waals surface area contributed by atoms with Gasteiger partial charge < -0.3 is 9.72 Å². The number of hydrogen-bond donors (Lipinski definition) is 1. The number of Topliss-reactive ketones (excluding diaryl/α,β-unsaturated/α-hetero) is 2. The first-order valence-corrected chi connectivity index (χ1v) is 9.63. The van der Waals surface area contributed by atoms with Crippen molar-refractivity contribution < 1.29 is 19.1 Å². The summed E-state index contributed by atoms with van der Waals surface area (Å²) >= 11 is 1.33. The van der Waals surface area contributed by atoms with E-state index in [4.69, 9.17) is 4.74 Å². The van der Waals surface area contributed by atoms with Crippen molar-refractivity contribution >= 4 is 28.9 Å². The summed E-state index contributed by atoms with van der Waals surface area (Å²) in [5.74, 6) is -1.17. The number of carbonyl (C=O) groups is 3. The molecule has 0 saturated heterocycles. The van der Waals surface area contributed by atoms with Crippen LogP contribution in [-0.2, 0) is 4.74 Å². The summed E-state index contributed by atoms with van der Waals surface area (Å²) < 4.78 is 5.32. The maximum Gasteiger partial charge on any atom is 0.358 e. The summed E-state index contributed by atoms with van der Waals surface area (Å²) in [6.07, 6.45) is -1.01. The van der Waals surface area contributed by atoms with E-state index in [1.54, 1.807) is 19.2 Å². The molecule has 0 unspecified atom stereocenters. The van der Waals surface area contributed by atoms with Gasteiger partial charge in [0.25, 0.3) is 0 Å². The molecule has 0 radical (unpaired) electrons. The highest BCUT2D eigenvalue weighted by atomic mass is 32.1. The van der Waals surface area contributed by atoms with E-state index in [-0.39, 0.29) is 23.0 Å². The number of hydrogen-bond acceptors (Lipinski definition) is 6. The van der Waals surface area contributed by atoms with Crippen LogP contribution in [0.1, 0.15) is 56.4 Å². The van der Waals surface area contributed by atoms with Gasteiger partial charge in [-0.2, -0.15) is 0 Å². The van der Waals surface area contributed by atoms with Crippen LogP contribution in [0.25, 0.3) is 10.6 Å². The largest absolute Gasteiger partial charge is 0.449 e. The molecule has 0 saturated carbocycles. The van der Waals surface area contributed by atoms with Crippen LogP contribution in [0, 0.1) is 13.8 Å². The summed E-state index contributed by atoms with van der Waals surface area (Å²) in [5.41, 5.74) is 3.04. The van der Waals surface area contributed by atoms with Gasteiger partial charge in [-0.05, 0) is 33.3 Å². The number of rotatable bonds is 6. The van der Waals surface area contributed by atoms with Gasteiger partial charge >= 0.3 is 5.97 Å². The highest BCUT2D eigenvalue weighted by molar-refractivity contribution is 7.13. The Kier molecular flexibility index (Phi) is 5.56. The summed E-state index contributed by atoms with van der Waals surface area (Å²) in [6, 6.07) is 9.50. The van der Waals surface area contributed by atoms with Gasteiger partial charge in [0.05, 0.1) is 5.69 Å². The number of H-pyrrole nitrogens is 1. The second-order valence-electron chi connectivity index (χ2n) is 6.50. The molecule has 2 heterocycles. The number of nitrogens with one attached hydrogen (secondary N) is 1. The Labute approximate surface area is 166 Å². The van der Waals surface area contributed by atoms with Crippen LogP contribution in [0.5, 0.6) is 0 Å². The van der Waals surface area contributed by atoms with Gasteiger partial charge in [0, 0.05) is 22.2 Å². The van der Waals surface area contributed by atoms with Crippen LogP contribution in [0.15, 0.2) is 35.7 Å². The monoisotopic (exact) mass is 396 g/mol. The lowest BCUT2D eigenvalue weighted by Crippen LogP contribution is -2.25. The molecule has 2 aromatic heterocycles. The maximum atomic E-state index is 12.7. The Morgan fingerprint density at radius 1 is 1.14 bits per heavy atom. The van der Waals surface area contributed by atoms with Crippen LogP contribution in [-0.4, -0.2) is 33.6 Å². The van der Waals surface area contributed by atoms with E-state index in [1.165, 1.54) is 25.2 Å². The number of benzene rings is 1. The first-order chi connectivity index (χ1) is 13.3. The van der Waals surface area contributed by atoms with Crippen LogP contribution in [0.3, 0.4) is 0 Å². The fraction of sp³-hybridized carbons (Fsp3) is 0.238. The number of aryl methyl sites for hydroxylation is 1. The summed E-state index contributed by atoms with van der Waals surface area (Å²) in [6.45, 7) is 6.40. The van der Waals surface area contributed by atoms with Gasteiger partial charge in [0.1, 0.15) is 5.01 Å². The van der Waals surface area contributed by atoms with Crippen molar-refractivity contribution in [3.8, 4) is 10.6 Å². The highest BCUT2D eigenvalue weighted by Gasteiger charge is 2.27. The minimum absolute atomic E-state index is 0.120. The van der Waals surface area contributed by atoms with Gasteiger partial charge in [0.2, 0.25) is 5.78 Å². The van der Waals surface area contributed by atoms with Crippen molar-refractivity contribution in [1.82, 2.24) is 9.97 Å². The average molecular weight is 396 g/mol. The van der Waals surface area contributed by atoms with E-state index in [0.29, 0.717) is 21.8 Å². The third kappa shape index (κ3) is 3.80. The molecule has 7 heteroatoms. The number of nitrogens with zero attached hydrogens (tertiary/aromatic N) is 1. The molecule has 0 aliphatic heterocycles. The standard InChI is InChI=1S/C21H20N2O4S/c1-11-17(13(3)24)12(2)22-18(11)19(25)14(4)27-21(26)16-10-28-20(23-16)15-8-6-5-7-9-15/h5-10,14,22H,1-4H3/t14-/m0/s1. The maximum absolute atomic E-state index is 12.7. The smallest absolute Gasteiger partial charge is 0.358 e. The van der Waals surface area contributed by atoms with Gasteiger partial charge in [-0.3, -0.25) is 9.59 Å². The van der Waals surface area contributed by atoms with Crippen molar-refractivity contribution in [3.63, 3.8) is 0 Å². The molecule has 1 N–H and O–H groups in total. The van der Waals surface area contributed by atoms with E-state index in [1.807, 2.05) is 30.3 Å². The molecule has 28 heavy (non-hydrogen) atoms. The lowest BCUT2D eigenvalue weighted by atomic mass is 10.0. The number of thiazole rings is 1. The molecule has 0 amide bonds. The lowest BCUT2D eigenvalue weighted by Gasteiger charge is -2.11. The van der Waals surface area contributed by atoms with E-state index in [0.717, 1.165) is 5.56 Å². The molecule has 144 valence electrons. The lowest BCUT2D eigenvalue weighted by molar-refractivity contribution is 0.0312. The molecule has 1 aromatic carbocycles. The zero-order chi connectivity index (χ0) is 20.4. The SMILES string of the molecule is CC(=O)c1c(C)[nH]c(C(=O)[C@H](C)OC(=O)c2csc(-c3ccccc3)n2)c1C. The predicted octanol–water partition coefficient (Wildman–Crippen LogP) is 4.39. The minimum atomic E-state index is -1.01. The van der Waals surface area contributed by atoms with E-state index >= 15 is 0 Å². The van der Waals surface area contributed by atoms with Gasteiger partial charge in [-0.25, -0.2) is 9.78 Å². The Morgan fingerprint density at radius 3 is 2.43 bits per heavy atom. The molecule has 3 aromatic rings. The van der Waals surface area contributed by atoms with Gasteiger partial charge in [-0.1, -0.05) is 30.3 Å². The van der Waals surface area contributed by atoms with Gasteiger partial charge in [0.15, 0.2) is 17.6 Å². The number of aromatic amines is 1. The zero-order valence-electron chi connectivity index (χ0n) is 16.0. The topological polar surface area (TPSA) is 89.1 Å². The first kappa shape index (κ1) is 19.7. The third-order valence-electron chi connectivity index (χ3n) is 4.42.